The summed E-state index contributed by atoms with van der Waals surface area (Å²) in [4.78, 5) is 18.6. The van der Waals surface area contributed by atoms with Gasteiger partial charge >= 0.3 is 0 Å². The van der Waals surface area contributed by atoms with Gasteiger partial charge in [0, 0.05) is 36.7 Å². The molecule has 1 aliphatic heterocycles. The molecule has 0 radical (unpaired) electrons. The first-order chi connectivity index (χ1) is 10.7. The van der Waals surface area contributed by atoms with Crippen LogP contribution in [0.5, 0.6) is 0 Å². The highest BCUT2D eigenvalue weighted by Gasteiger charge is 2.38. The molecule has 3 rings (SSSR count). The molecular weight excluding hydrogens is 423 g/mol. The number of halogens is 1. The van der Waals surface area contributed by atoms with E-state index in [0.717, 1.165) is 37.6 Å². The van der Waals surface area contributed by atoms with Crippen LogP contribution in [0, 0.1) is 0 Å². The van der Waals surface area contributed by atoms with Crippen LogP contribution in [0.2, 0.25) is 0 Å². The van der Waals surface area contributed by atoms with E-state index in [1.807, 2.05) is 7.05 Å². The molecule has 23 heavy (non-hydrogen) atoms. The van der Waals surface area contributed by atoms with Crippen LogP contribution in [0.3, 0.4) is 0 Å². The van der Waals surface area contributed by atoms with Gasteiger partial charge in [0.2, 0.25) is 5.91 Å². The first kappa shape index (κ1) is 19.1. The molecule has 1 heterocycles. The summed E-state index contributed by atoms with van der Waals surface area (Å²) in [5.41, 5.74) is 0. The predicted molar refractivity (Wildman–Crippen MR) is 108 cm³/mol. The van der Waals surface area contributed by atoms with Crippen LogP contribution in [0.1, 0.15) is 44.9 Å². The maximum Gasteiger partial charge on any atom is 0.239 e. The third-order valence-electron chi connectivity index (χ3n) is 4.87. The topological polar surface area (TPSA) is 56.7 Å². The Kier molecular flexibility index (Phi) is 7.31. The molecule has 0 aromatic rings. The number of carbonyl (C=O) groups is 1. The molecule has 1 spiro atoms. The van der Waals surface area contributed by atoms with Crippen LogP contribution in [-0.4, -0.2) is 60.0 Å². The molecule has 3 aliphatic rings. The zero-order valence-corrected chi connectivity index (χ0v) is 17.1. The first-order valence-corrected chi connectivity index (χ1v) is 9.58. The van der Waals surface area contributed by atoms with Crippen LogP contribution in [0.15, 0.2) is 4.99 Å². The minimum Gasteiger partial charge on any atom is -0.352 e. The lowest BCUT2D eigenvalue weighted by Gasteiger charge is -2.45. The average molecular weight is 452 g/mol. The highest BCUT2D eigenvalue weighted by atomic mass is 127. The Morgan fingerprint density at radius 3 is 2.70 bits per heavy atom. The van der Waals surface area contributed by atoms with Gasteiger partial charge < -0.3 is 15.5 Å². The Morgan fingerprint density at radius 1 is 1.30 bits per heavy atom. The van der Waals surface area contributed by atoms with Crippen LogP contribution in [-0.2, 0) is 4.79 Å². The highest BCUT2D eigenvalue weighted by molar-refractivity contribution is 14.0. The van der Waals surface area contributed by atoms with E-state index in [4.69, 9.17) is 0 Å². The monoisotopic (exact) mass is 452 g/mol. The van der Waals surface area contributed by atoms with E-state index < -0.39 is 0 Å². The maximum absolute atomic E-state index is 11.8. The van der Waals surface area contributed by atoms with Crippen LogP contribution >= 0.6 is 35.7 Å². The number of guanidine groups is 1. The number of amides is 1. The van der Waals surface area contributed by atoms with Gasteiger partial charge in [-0.05, 0) is 25.7 Å². The summed E-state index contributed by atoms with van der Waals surface area (Å²) < 4.78 is 0.421. The molecule has 0 aromatic carbocycles. The standard InChI is InChI=1S/C16H28N4OS.HI/c1-17-15(18-11-14(21)19-13-5-6-13)20-9-10-22-16(12-20)7-3-2-4-8-16;/h13H,2-12H2,1H3,(H,17,18)(H,19,21);1H. The van der Waals surface area contributed by atoms with Gasteiger partial charge in [-0.3, -0.25) is 9.79 Å². The Morgan fingerprint density at radius 2 is 2.04 bits per heavy atom. The fourth-order valence-corrected chi connectivity index (χ4v) is 5.09. The lowest BCUT2D eigenvalue weighted by molar-refractivity contribution is -0.120. The molecule has 0 atom stereocenters. The molecule has 132 valence electrons. The van der Waals surface area contributed by atoms with Crippen molar-refractivity contribution in [1.82, 2.24) is 15.5 Å². The second-order valence-electron chi connectivity index (χ2n) is 6.76. The number of hydrogen-bond donors (Lipinski definition) is 2. The van der Waals surface area contributed by atoms with Gasteiger partial charge in [-0.1, -0.05) is 19.3 Å². The molecule has 1 amide bonds. The molecule has 2 N–H and O–H groups in total. The van der Waals surface area contributed by atoms with Crippen molar-refractivity contribution in [2.45, 2.75) is 55.7 Å². The molecule has 2 aliphatic carbocycles. The average Bonchev–Trinajstić information content (AvgIpc) is 3.33. The zero-order chi connectivity index (χ0) is 15.4. The van der Waals surface area contributed by atoms with Gasteiger partial charge in [-0.25, -0.2) is 0 Å². The van der Waals surface area contributed by atoms with E-state index >= 15 is 0 Å². The Hall–Kier alpha value is -0.180. The Bertz CT molecular complexity index is 430. The minimum atomic E-state index is 0. The van der Waals surface area contributed by atoms with Crippen LogP contribution in [0.25, 0.3) is 0 Å². The summed E-state index contributed by atoms with van der Waals surface area (Å²) in [7, 11) is 1.82. The number of rotatable bonds is 3. The van der Waals surface area contributed by atoms with Gasteiger partial charge in [0.15, 0.2) is 5.96 Å². The summed E-state index contributed by atoms with van der Waals surface area (Å²) in [6.07, 6.45) is 9.02. The van der Waals surface area contributed by atoms with Crippen molar-refractivity contribution in [3.63, 3.8) is 0 Å². The normalized spacial score (nSPS) is 24.0. The van der Waals surface area contributed by atoms with Crippen LogP contribution in [0.4, 0.5) is 0 Å². The molecule has 0 aromatic heterocycles. The lowest BCUT2D eigenvalue weighted by atomic mass is 9.87. The van der Waals surface area contributed by atoms with Crippen molar-refractivity contribution >= 4 is 47.6 Å². The van der Waals surface area contributed by atoms with E-state index in [1.54, 1.807) is 0 Å². The van der Waals surface area contributed by atoms with Crippen molar-refractivity contribution < 1.29 is 4.79 Å². The summed E-state index contributed by atoms with van der Waals surface area (Å²) >= 11 is 2.16. The number of nitrogens with one attached hydrogen (secondary N) is 2. The quantitative estimate of drug-likeness (QED) is 0.392. The number of thioether (sulfide) groups is 1. The van der Waals surface area contributed by atoms with Gasteiger partial charge in [-0.15, -0.1) is 24.0 Å². The number of aliphatic imine (C=N–C) groups is 1. The van der Waals surface area contributed by atoms with Crippen molar-refractivity contribution in [3.05, 3.63) is 0 Å². The molecule has 5 nitrogen and oxygen atoms in total. The van der Waals surface area contributed by atoms with Crippen molar-refractivity contribution in [1.29, 1.82) is 0 Å². The van der Waals surface area contributed by atoms with Crippen molar-refractivity contribution in [3.8, 4) is 0 Å². The highest BCUT2D eigenvalue weighted by Crippen LogP contribution is 2.42. The number of carbonyl (C=O) groups excluding carboxylic acids is 1. The Labute approximate surface area is 160 Å². The summed E-state index contributed by atoms with van der Waals surface area (Å²) in [5, 5.41) is 6.26. The van der Waals surface area contributed by atoms with Crippen molar-refractivity contribution in [2.75, 3.05) is 32.4 Å². The molecular formula is C16H29IN4OS. The molecule has 7 heteroatoms. The van der Waals surface area contributed by atoms with E-state index in [0.29, 0.717) is 17.3 Å². The SMILES string of the molecule is CN=C(NCC(=O)NC1CC1)N1CCSC2(CCCCC2)C1.I. The van der Waals surface area contributed by atoms with Gasteiger partial charge in [0.05, 0.1) is 6.54 Å². The number of hydrogen-bond acceptors (Lipinski definition) is 3. The van der Waals surface area contributed by atoms with E-state index in [-0.39, 0.29) is 29.9 Å². The smallest absolute Gasteiger partial charge is 0.239 e. The second kappa shape index (κ2) is 8.78. The van der Waals surface area contributed by atoms with Crippen molar-refractivity contribution in [2.24, 2.45) is 4.99 Å². The Balaban J connectivity index is 0.00000192. The molecule has 1 saturated heterocycles. The van der Waals surface area contributed by atoms with Gasteiger partial charge in [0.25, 0.3) is 0 Å². The maximum atomic E-state index is 11.8. The van der Waals surface area contributed by atoms with E-state index in [1.165, 1.54) is 32.1 Å². The second-order valence-corrected chi connectivity index (χ2v) is 8.32. The van der Waals surface area contributed by atoms with E-state index in [2.05, 4.69) is 32.3 Å². The molecule has 3 fully saturated rings. The summed E-state index contributed by atoms with van der Waals surface area (Å²) in [6.45, 7) is 2.43. The van der Waals surface area contributed by atoms with Gasteiger partial charge in [-0.2, -0.15) is 11.8 Å². The fourth-order valence-electron chi connectivity index (χ4n) is 3.52. The first-order valence-electron chi connectivity index (χ1n) is 8.60. The molecule has 0 unspecified atom stereocenters. The van der Waals surface area contributed by atoms with Crippen LogP contribution < -0.4 is 10.6 Å². The van der Waals surface area contributed by atoms with Gasteiger partial charge in [0.1, 0.15) is 0 Å². The third kappa shape index (κ3) is 5.41. The van der Waals surface area contributed by atoms with E-state index in [9.17, 15) is 4.79 Å². The minimum absolute atomic E-state index is 0. The number of nitrogens with zero attached hydrogens (tertiary/aromatic N) is 2. The largest absolute Gasteiger partial charge is 0.352 e. The fraction of sp³-hybridized carbons (Fsp3) is 0.875. The summed E-state index contributed by atoms with van der Waals surface area (Å²) in [6, 6.07) is 0.424. The molecule has 0 bridgehead atoms. The third-order valence-corrected chi connectivity index (χ3v) is 6.41. The zero-order valence-electron chi connectivity index (χ0n) is 14.0. The predicted octanol–water partition coefficient (Wildman–Crippen LogP) is 2.21. The lowest BCUT2D eigenvalue weighted by Crippen LogP contribution is -2.54. The molecule has 2 saturated carbocycles. The summed E-state index contributed by atoms with van der Waals surface area (Å²) in [5.74, 6) is 2.13.